The van der Waals surface area contributed by atoms with Gasteiger partial charge in [0.15, 0.2) is 0 Å². The molecule has 1 amide bonds. The molecule has 2 saturated heterocycles. The highest BCUT2D eigenvalue weighted by atomic mass is 16.5. The van der Waals surface area contributed by atoms with Crippen LogP contribution in [0.1, 0.15) is 26.7 Å². The van der Waals surface area contributed by atoms with E-state index >= 15 is 0 Å². The molecule has 0 spiro atoms. The molecule has 0 aromatic heterocycles. The van der Waals surface area contributed by atoms with Crippen LogP contribution in [0.2, 0.25) is 0 Å². The summed E-state index contributed by atoms with van der Waals surface area (Å²) >= 11 is 0. The third kappa shape index (κ3) is 1.76. The van der Waals surface area contributed by atoms with E-state index in [0.717, 1.165) is 45.6 Å². The summed E-state index contributed by atoms with van der Waals surface area (Å²) in [5, 5.41) is 0. The van der Waals surface area contributed by atoms with Gasteiger partial charge in [0.25, 0.3) is 0 Å². The number of carbonyl (C=O) groups is 1. The van der Waals surface area contributed by atoms with E-state index in [9.17, 15) is 4.79 Å². The quantitative estimate of drug-likeness (QED) is 0.751. The van der Waals surface area contributed by atoms with Crippen LogP contribution in [-0.4, -0.2) is 67.2 Å². The zero-order valence-electron chi connectivity index (χ0n) is 12.9. The molecule has 2 heterocycles. The molecule has 2 N–H and O–H groups in total. The van der Waals surface area contributed by atoms with Crippen LogP contribution in [0, 0.1) is 11.3 Å². The van der Waals surface area contributed by atoms with Crippen molar-refractivity contribution in [2.45, 2.75) is 38.3 Å². The van der Waals surface area contributed by atoms with Crippen LogP contribution in [0.15, 0.2) is 0 Å². The van der Waals surface area contributed by atoms with Crippen molar-refractivity contribution in [3.63, 3.8) is 0 Å². The molecule has 3 rings (SSSR count). The summed E-state index contributed by atoms with van der Waals surface area (Å²) in [7, 11) is 2.10. The molecule has 3 atom stereocenters. The third-order valence-electron chi connectivity index (χ3n) is 5.83. The van der Waals surface area contributed by atoms with Gasteiger partial charge in [0.1, 0.15) is 5.54 Å². The lowest BCUT2D eigenvalue weighted by atomic mass is 9.46. The molecule has 3 fully saturated rings. The molecule has 1 saturated carbocycles. The summed E-state index contributed by atoms with van der Waals surface area (Å²) in [5.41, 5.74) is 5.65. The Balaban J connectivity index is 1.79. The molecule has 0 radical (unpaired) electrons. The van der Waals surface area contributed by atoms with Crippen molar-refractivity contribution >= 4 is 5.91 Å². The molecule has 3 aliphatic rings. The number of hydrogen-bond acceptors (Lipinski definition) is 4. The minimum atomic E-state index is -0.742. The molecule has 0 aromatic rings. The third-order valence-corrected chi connectivity index (χ3v) is 5.83. The first-order valence-electron chi connectivity index (χ1n) is 7.77. The lowest BCUT2D eigenvalue weighted by Crippen LogP contribution is -2.82. The van der Waals surface area contributed by atoms with Crippen LogP contribution in [0.3, 0.4) is 0 Å². The summed E-state index contributed by atoms with van der Waals surface area (Å²) in [6.45, 7) is 8.45. The van der Waals surface area contributed by atoms with Crippen LogP contribution >= 0.6 is 0 Å². The highest BCUT2D eigenvalue weighted by Crippen LogP contribution is 2.57. The molecule has 20 heavy (non-hydrogen) atoms. The standard InChI is InChI=1S/C15H27N3O2/c1-14(2)12-11(5-4-10-20-12)15(14,16)13(19)18-8-6-17(3)7-9-18/h11-12H,4-10,16H2,1-3H3. The van der Waals surface area contributed by atoms with Gasteiger partial charge >= 0.3 is 0 Å². The van der Waals surface area contributed by atoms with Crippen LogP contribution in [0.5, 0.6) is 0 Å². The number of amides is 1. The zero-order valence-corrected chi connectivity index (χ0v) is 12.9. The van der Waals surface area contributed by atoms with E-state index < -0.39 is 5.54 Å². The van der Waals surface area contributed by atoms with Gasteiger partial charge in [-0.25, -0.2) is 0 Å². The summed E-state index contributed by atoms with van der Waals surface area (Å²) in [5.74, 6) is 0.334. The second kappa shape index (κ2) is 4.68. The Labute approximate surface area is 121 Å². The van der Waals surface area contributed by atoms with Crippen LogP contribution in [-0.2, 0) is 9.53 Å². The van der Waals surface area contributed by atoms with Crippen molar-refractivity contribution in [2.24, 2.45) is 17.1 Å². The first kappa shape index (κ1) is 14.3. The van der Waals surface area contributed by atoms with Gasteiger partial charge in [0, 0.05) is 44.1 Å². The monoisotopic (exact) mass is 281 g/mol. The molecule has 0 aromatic carbocycles. The normalized spacial score (nSPS) is 40.9. The van der Waals surface area contributed by atoms with Crippen molar-refractivity contribution in [1.29, 1.82) is 0 Å². The number of nitrogens with zero attached hydrogens (tertiary/aromatic N) is 2. The smallest absolute Gasteiger partial charge is 0.243 e. The first-order chi connectivity index (χ1) is 9.39. The Morgan fingerprint density at radius 3 is 2.55 bits per heavy atom. The predicted molar refractivity (Wildman–Crippen MR) is 77.2 cm³/mol. The molecule has 5 heteroatoms. The minimum absolute atomic E-state index is 0.141. The number of carbonyl (C=O) groups excluding carboxylic acids is 1. The van der Waals surface area contributed by atoms with Gasteiger partial charge in [0.2, 0.25) is 5.91 Å². The number of nitrogens with two attached hydrogens (primary N) is 1. The van der Waals surface area contributed by atoms with E-state index in [1.54, 1.807) is 0 Å². The molecule has 3 unspecified atom stereocenters. The van der Waals surface area contributed by atoms with E-state index in [0.29, 0.717) is 0 Å². The van der Waals surface area contributed by atoms with Gasteiger partial charge in [-0.3, -0.25) is 4.79 Å². The van der Waals surface area contributed by atoms with E-state index in [1.165, 1.54) is 0 Å². The Morgan fingerprint density at radius 2 is 1.90 bits per heavy atom. The second-order valence-electron chi connectivity index (χ2n) is 7.23. The number of ether oxygens (including phenoxy) is 1. The van der Waals surface area contributed by atoms with Crippen molar-refractivity contribution in [3.05, 3.63) is 0 Å². The van der Waals surface area contributed by atoms with Gasteiger partial charge in [-0.2, -0.15) is 0 Å². The van der Waals surface area contributed by atoms with Crippen molar-refractivity contribution in [1.82, 2.24) is 9.80 Å². The molecule has 1 aliphatic carbocycles. The van der Waals surface area contributed by atoms with E-state index in [2.05, 4.69) is 25.8 Å². The van der Waals surface area contributed by atoms with E-state index in [1.807, 2.05) is 4.90 Å². The summed E-state index contributed by atoms with van der Waals surface area (Å²) in [4.78, 5) is 17.2. The summed E-state index contributed by atoms with van der Waals surface area (Å²) in [6, 6.07) is 0. The second-order valence-corrected chi connectivity index (χ2v) is 7.23. The maximum atomic E-state index is 13.0. The average Bonchev–Trinajstić information content (AvgIpc) is 2.46. The summed E-state index contributed by atoms with van der Waals surface area (Å²) < 4.78 is 5.88. The first-order valence-corrected chi connectivity index (χ1v) is 7.77. The van der Waals surface area contributed by atoms with E-state index in [-0.39, 0.29) is 23.3 Å². The largest absolute Gasteiger partial charge is 0.377 e. The molecule has 5 nitrogen and oxygen atoms in total. The van der Waals surface area contributed by atoms with Gasteiger partial charge < -0.3 is 20.3 Å². The minimum Gasteiger partial charge on any atom is -0.377 e. The lowest BCUT2D eigenvalue weighted by Gasteiger charge is -2.66. The van der Waals surface area contributed by atoms with E-state index in [4.69, 9.17) is 10.5 Å². The summed E-state index contributed by atoms with van der Waals surface area (Å²) in [6.07, 6.45) is 2.19. The maximum absolute atomic E-state index is 13.0. The SMILES string of the molecule is CN1CCN(C(=O)C2(N)C3CCCOC3C2(C)C)CC1. The number of rotatable bonds is 1. The number of fused-ring (bicyclic) bond motifs is 1. The zero-order chi connectivity index (χ0) is 14.5. The predicted octanol–water partition coefficient (Wildman–Crippen LogP) is 0.293. The Kier molecular flexibility index (Phi) is 3.35. The van der Waals surface area contributed by atoms with Crippen LogP contribution in [0.25, 0.3) is 0 Å². The molecular weight excluding hydrogens is 254 g/mol. The highest BCUT2D eigenvalue weighted by Gasteiger charge is 2.70. The van der Waals surface area contributed by atoms with Crippen molar-refractivity contribution in [2.75, 3.05) is 39.8 Å². The van der Waals surface area contributed by atoms with Crippen LogP contribution in [0.4, 0.5) is 0 Å². The van der Waals surface area contributed by atoms with Gasteiger partial charge in [-0.1, -0.05) is 13.8 Å². The Bertz CT molecular complexity index is 404. The Hall–Kier alpha value is -0.650. The fourth-order valence-corrected chi connectivity index (χ4v) is 4.28. The lowest BCUT2D eigenvalue weighted by molar-refractivity contribution is -0.230. The Morgan fingerprint density at radius 1 is 1.25 bits per heavy atom. The van der Waals surface area contributed by atoms with Gasteiger partial charge in [0.05, 0.1) is 6.10 Å². The fourth-order valence-electron chi connectivity index (χ4n) is 4.28. The average molecular weight is 281 g/mol. The highest BCUT2D eigenvalue weighted by molar-refractivity contribution is 5.89. The molecule has 2 aliphatic heterocycles. The maximum Gasteiger partial charge on any atom is 0.243 e. The topological polar surface area (TPSA) is 58.8 Å². The van der Waals surface area contributed by atoms with Crippen molar-refractivity contribution in [3.8, 4) is 0 Å². The van der Waals surface area contributed by atoms with Crippen molar-refractivity contribution < 1.29 is 9.53 Å². The molecule has 114 valence electrons. The molecule has 0 bridgehead atoms. The van der Waals surface area contributed by atoms with Gasteiger partial charge in [-0.15, -0.1) is 0 Å². The number of piperazine rings is 1. The number of hydrogen-bond donors (Lipinski definition) is 1. The number of likely N-dealkylation sites (N-methyl/N-ethyl adjacent to an activating group) is 1. The molecular formula is C15H27N3O2. The van der Waals surface area contributed by atoms with Crippen LogP contribution < -0.4 is 5.73 Å². The fraction of sp³-hybridized carbons (Fsp3) is 0.933. The van der Waals surface area contributed by atoms with Gasteiger partial charge in [-0.05, 0) is 19.9 Å².